The van der Waals surface area contributed by atoms with Gasteiger partial charge in [-0.1, -0.05) is 0 Å². The van der Waals surface area contributed by atoms with Crippen LogP contribution in [0.25, 0.3) is 0 Å². The lowest BCUT2D eigenvalue weighted by molar-refractivity contribution is -0.385. The lowest BCUT2D eigenvalue weighted by atomic mass is 10.0. The Hall–Kier alpha value is -2.19. The number of nitro groups is 1. The fourth-order valence-electron chi connectivity index (χ4n) is 1.63. The zero-order chi connectivity index (χ0) is 15.3. The van der Waals surface area contributed by atoms with Gasteiger partial charge in [0.25, 0.3) is 5.69 Å². The number of nitro benzene ring substituents is 1. The molecule has 0 spiro atoms. The third-order valence-electron chi connectivity index (χ3n) is 2.67. The molecule has 0 aliphatic carbocycles. The van der Waals surface area contributed by atoms with Crippen molar-refractivity contribution in [1.29, 1.82) is 0 Å². The average Bonchev–Trinajstić information content (AvgIpc) is 2.42. The van der Waals surface area contributed by atoms with Crippen LogP contribution in [0.5, 0.6) is 5.75 Å². The van der Waals surface area contributed by atoms with Crippen molar-refractivity contribution in [2.45, 2.75) is 19.1 Å². The second kappa shape index (κ2) is 6.83. The van der Waals surface area contributed by atoms with E-state index >= 15 is 0 Å². The summed E-state index contributed by atoms with van der Waals surface area (Å²) in [6.45, 7) is 1.09. The summed E-state index contributed by atoms with van der Waals surface area (Å²) in [5.74, 6) is -0.146. The van der Waals surface area contributed by atoms with E-state index in [4.69, 9.17) is 4.74 Å². The van der Waals surface area contributed by atoms with Crippen molar-refractivity contribution in [2.75, 3.05) is 13.7 Å². The van der Waals surface area contributed by atoms with Gasteiger partial charge in [-0.3, -0.25) is 14.9 Å². The van der Waals surface area contributed by atoms with Crippen LogP contribution < -0.4 is 10.1 Å². The third kappa shape index (κ3) is 3.90. The highest BCUT2D eigenvalue weighted by atomic mass is 16.6. The Morgan fingerprint density at radius 1 is 1.50 bits per heavy atom. The van der Waals surface area contributed by atoms with E-state index in [1.165, 1.54) is 26.2 Å². The number of ether oxygens (including phenoxy) is 1. The molecule has 0 bridgehead atoms. The largest absolute Gasteiger partial charge is 0.496 e. The number of non-ortho nitro benzene ring substituents is 1. The highest BCUT2D eigenvalue weighted by Crippen LogP contribution is 2.30. The van der Waals surface area contributed by atoms with Crippen LogP contribution in [0.15, 0.2) is 18.2 Å². The van der Waals surface area contributed by atoms with Gasteiger partial charge >= 0.3 is 0 Å². The molecule has 3 N–H and O–H groups in total. The number of hydrogen-bond acceptors (Lipinski definition) is 6. The summed E-state index contributed by atoms with van der Waals surface area (Å²) >= 11 is 0. The van der Waals surface area contributed by atoms with Crippen molar-refractivity contribution >= 4 is 11.6 Å². The highest BCUT2D eigenvalue weighted by molar-refractivity contribution is 5.72. The summed E-state index contributed by atoms with van der Waals surface area (Å²) < 4.78 is 5.00. The molecule has 20 heavy (non-hydrogen) atoms. The topological polar surface area (TPSA) is 122 Å². The molecule has 0 aliphatic heterocycles. The van der Waals surface area contributed by atoms with Crippen molar-refractivity contribution in [2.24, 2.45) is 0 Å². The van der Waals surface area contributed by atoms with E-state index in [1.807, 2.05) is 0 Å². The lowest BCUT2D eigenvalue weighted by Gasteiger charge is -2.20. The molecule has 0 aromatic heterocycles. The number of aliphatic hydroxyl groups is 2. The van der Waals surface area contributed by atoms with Gasteiger partial charge in [-0.05, 0) is 6.07 Å². The van der Waals surface area contributed by atoms with Crippen molar-refractivity contribution in [3.63, 3.8) is 0 Å². The monoisotopic (exact) mass is 284 g/mol. The number of rotatable bonds is 6. The van der Waals surface area contributed by atoms with E-state index in [1.54, 1.807) is 0 Å². The number of nitrogens with one attached hydrogen (secondary N) is 1. The molecule has 1 amide bonds. The van der Waals surface area contributed by atoms with Gasteiger partial charge in [0.05, 0.1) is 12.0 Å². The molecule has 1 aromatic rings. The minimum Gasteiger partial charge on any atom is -0.496 e. The van der Waals surface area contributed by atoms with Crippen LogP contribution in [0.4, 0.5) is 5.69 Å². The maximum absolute atomic E-state index is 10.8. The molecule has 8 heteroatoms. The van der Waals surface area contributed by atoms with Gasteiger partial charge in [-0.25, -0.2) is 0 Å². The first-order valence-corrected chi connectivity index (χ1v) is 5.79. The van der Waals surface area contributed by atoms with E-state index in [-0.39, 0.29) is 29.5 Å². The maximum Gasteiger partial charge on any atom is 0.270 e. The van der Waals surface area contributed by atoms with Crippen molar-refractivity contribution in [3.05, 3.63) is 33.9 Å². The Morgan fingerprint density at radius 3 is 2.65 bits per heavy atom. The Labute approximate surface area is 115 Å². The smallest absolute Gasteiger partial charge is 0.270 e. The van der Waals surface area contributed by atoms with E-state index < -0.39 is 17.1 Å². The van der Waals surface area contributed by atoms with Crippen LogP contribution in [0.2, 0.25) is 0 Å². The number of nitrogens with zero attached hydrogens (tertiary/aromatic N) is 1. The first kappa shape index (κ1) is 15.9. The number of amides is 1. The van der Waals surface area contributed by atoms with Gasteiger partial charge in [-0.15, -0.1) is 0 Å². The number of carbonyl (C=O) groups excluding carboxylic acids is 1. The van der Waals surface area contributed by atoms with E-state index in [9.17, 15) is 25.1 Å². The average molecular weight is 284 g/mol. The first-order valence-electron chi connectivity index (χ1n) is 5.79. The Kier molecular flexibility index (Phi) is 5.42. The molecule has 0 saturated carbocycles. The normalized spacial score (nSPS) is 13.4. The number of benzene rings is 1. The molecule has 1 rings (SSSR count). The number of aliphatic hydroxyl groups excluding tert-OH is 2. The highest BCUT2D eigenvalue weighted by Gasteiger charge is 2.24. The number of methoxy groups -OCH3 is 1. The standard InChI is InChI=1S/C12H16N2O6/c1-7(15)13-6-10(16)12(17)9-5-8(14(18)19)3-4-11(9)20-2/h3-5,10,12,16-17H,6H2,1-2H3,(H,13,15). The van der Waals surface area contributed by atoms with Crippen LogP contribution in [-0.4, -0.2) is 40.8 Å². The molecule has 0 radical (unpaired) electrons. The SMILES string of the molecule is COc1ccc([N+](=O)[O-])cc1C(O)C(O)CNC(C)=O. The van der Waals surface area contributed by atoms with Gasteiger partial charge in [0.1, 0.15) is 18.0 Å². The Balaban J connectivity index is 2.99. The summed E-state index contributed by atoms with van der Waals surface area (Å²) in [5.41, 5.74) is -0.147. The predicted molar refractivity (Wildman–Crippen MR) is 69.3 cm³/mol. The van der Waals surface area contributed by atoms with Gasteiger partial charge < -0.3 is 20.3 Å². The molecule has 1 aromatic carbocycles. The first-order chi connectivity index (χ1) is 9.36. The number of hydrogen-bond donors (Lipinski definition) is 3. The van der Waals surface area contributed by atoms with Crippen LogP contribution >= 0.6 is 0 Å². The molecule has 2 atom stereocenters. The minimum absolute atomic E-state index is 0.0829. The molecular weight excluding hydrogens is 268 g/mol. The van der Waals surface area contributed by atoms with Gasteiger partial charge in [0.15, 0.2) is 0 Å². The van der Waals surface area contributed by atoms with Gasteiger partial charge in [0.2, 0.25) is 5.91 Å². The second-order valence-corrected chi connectivity index (χ2v) is 4.13. The predicted octanol–water partition coefficient (Wildman–Crippen LogP) is 0.134. The molecule has 0 heterocycles. The Morgan fingerprint density at radius 2 is 2.15 bits per heavy atom. The van der Waals surface area contributed by atoms with Crippen LogP contribution in [-0.2, 0) is 4.79 Å². The fourth-order valence-corrected chi connectivity index (χ4v) is 1.63. The van der Waals surface area contributed by atoms with Gasteiger partial charge in [-0.2, -0.15) is 0 Å². The van der Waals surface area contributed by atoms with Crippen molar-refractivity contribution < 1.29 is 24.7 Å². The molecule has 2 unspecified atom stereocenters. The van der Waals surface area contributed by atoms with Crippen molar-refractivity contribution in [1.82, 2.24) is 5.32 Å². The van der Waals surface area contributed by atoms with Crippen LogP contribution in [0, 0.1) is 10.1 Å². The molecule has 0 saturated heterocycles. The molecule has 110 valence electrons. The van der Waals surface area contributed by atoms with E-state index in [2.05, 4.69) is 5.32 Å². The Bertz CT molecular complexity index is 505. The summed E-state index contributed by atoms with van der Waals surface area (Å²) in [5, 5.41) is 32.9. The molecule has 0 aliphatic rings. The van der Waals surface area contributed by atoms with Gasteiger partial charge in [0, 0.05) is 31.2 Å². The maximum atomic E-state index is 10.8. The van der Waals surface area contributed by atoms with E-state index in [0.29, 0.717) is 0 Å². The zero-order valence-corrected chi connectivity index (χ0v) is 11.1. The summed E-state index contributed by atoms with van der Waals surface area (Å²) in [7, 11) is 1.34. The third-order valence-corrected chi connectivity index (χ3v) is 2.67. The second-order valence-electron chi connectivity index (χ2n) is 4.13. The quantitative estimate of drug-likeness (QED) is 0.504. The molecule has 8 nitrogen and oxygen atoms in total. The summed E-state index contributed by atoms with van der Waals surface area (Å²) in [4.78, 5) is 20.9. The van der Waals surface area contributed by atoms with Crippen molar-refractivity contribution in [3.8, 4) is 5.75 Å². The fraction of sp³-hybridized carbons (Fsp3) is 0.417. The van der Waals surface area contributed by atoms with E-state index in [0.717, 1.165) is 6.07 Å². The summed E-state index contributed by atoms with van der Waals surface area (Å²) in [6, 6.07) is 3.69. The van der Waals surface area contributed by atoms with Crippen LogP contribution in [0.1, 0.15) is 18.6 Å². The number of carbonyl (C=O) groups is 1. The zero-order valence-electron chi connectivity index (χ0n) is 11.1. The minimum atomic E-state index is -1.42. The van der Waals surface area contributed by atoms with Crippen LogP contribution in [0.3, 0.4) is 0 Å². The molecule has 0 fully saturated rings. The summed E-state index contributed by atoms with van der Waals surface area (Å²) in [6.07, 6.45) is -2.73. The lowest BCUT2D eigenvalue weighted by Crippen LogP contribution is -2.34. The molecular formula is C12H16N2O6.